The topological polar surface area (TPSA) is 3.01 Å². The standard InChI is InChI=1S/C14H16N/c1-10-5-3-4-6-12(10)14-13-9-11(13)7-8-15(14)2/h3-8,11,13H,9H2,1-2H3/q+1. The van der Waals surface area contributed by atoms with Gasteiger partial charge in [0.1, 0.15) is 7.05 Å². The van der Waals surface area contributed by atoms with Crippen LogP contribution in [0.2, 0.25) is 0 Å². The van der Waals surface area contributed by atoms with Gasteiger partial charge in [-0.2, -0.15) is 0 Å². The van der Waals surface area contributed by atoms with Gasteiger partial charge in [-0.15, -0.1) is 0 Å². The van der Waals surface area contributed by atoms with Gasteiger partial charge in [-0.25, -0.2) is 4.58 Å². The van der Waals surface area contributed by atoms with Crippen molar-refractivity contribution in [3.8, 4) is 0 Å². The molecule has 0 radical (unpaired) electrons. The van der Waals surface area contributed by atoms with Gasteiger partial charge in [-0.1, -0.05) is 18.2 Å². The highest BCUT2D eigenvalue weighted by atomic mass is 15.0. The van der Waals surface area contributed by atoms with Gasteiger partial charge in [0, 0.05) is 5.56 Å². The minimum Gasteiger partial charge on any atom is -0.205 e. The van der Waals surface area contributed by atoms with Gasteiger partial charge < -0.3 is 0 Å². The fraction of sp³-hybridized carbons (Fsp3) is 0.357. The molecule has 1 saturated carbocycles. The summed E-state index contributed by atoms with van der Waals surface area (Å²) >= 11 is 0. The van der Waals surface area contributed by atoms with Crippen LogP contribution in [0, 0.1) is 18.8 Å². The maximum absolute atomic E-state index is 2.34. The Bertz CT molecular complexity index is 468. The van der Waals surface area contributed by atoms with Gasteiger partial charge >= 0.3 is 0 Å². The highest BCUT2D eigenvalue weighted by Gasteiger charge is 2.46. The third kappa shape index (κ3) is 1.34. The smallest absolute Gasteiger partial charge is 0.192 e. The zero-order chi connectivity index (χ0) is 10.4. The maximum atomic E-state index is 2.34. The van der Waals surface area contributed by atoms with Crippen molar-refractivity contribution in [1.29, 1.82) is 0 Å². The number of hydrogen-bond acceptors (Lipinski definition) is 0. The Morgan fingerprint density at radius 3 is 2.87 bits per heavy atom. The molecule has 0 amide bonds. The summed E-state index contributed by atoms with van der Waals surface area (Å²) in [6, 6.07) is 8.70. The second-order valence-electron chi connectivity index (χ2n) is 4.66. The molecule has 1 fully saturated rings. The van der Waals surface area contributed by atoms with Crippen molar-refractivity contribution in [3.05, 3.63) is 47.7 Å². The highest BCUT2D eigenvalue weighted by Crippen LogP contribution is 2.44. The first-order valence-corrected chi connectivity index (χ1v) is 5.61. The fourth-order valence-electron chi connectivity index (χ4n) is 2.57. The summed E-state index contributed by atoms with van der Waals surface area (Å²) in [4.78, 5) is 0. The lowest BCUT2D eigenvalue weighted by molar-refractivity contribution is -0.425. The molecule has 0 aromatic heterocycles. The Morgan fingerprint density at radius 2 is 2.07 bits per heavy atom. The van der Waals surface area contributed by atoms with Crippen LogP contribution in [0.4, 0.5) is 0 Å². The lowest BCUT2D eigenvalue weighted by Gasteiger charge is -2.09. The largest absolute Gasteiger partial charge is 0.205 e. The number of aryl methyl sites for hydroxylation is 1. The van der Waals surface area contributed by atoms with E-state index in [0.29, 0.717) is 0 Å². The summed E-state index contributed by atoms with van der Waals surface area (Å²) in [7, 11) is 2.16. The molecule has 1 aromatic carbocycles. The summed E-state index contributed by atoms with van der Waals surface area (Å²) in [6.07, 6.45) is 5.90. The van der Waals surface area contributed by atoms with Crippen LogP contribution in [-0.2, 0) is 0 Å². The van der Waals surface area contributed by atoms with E-state index in [1.165, 1.54) is 23.3 Å². The number of nitrogens with zero attached hydrogens (tertiary/aromatic N) is 1. The Labute approximate surface area is 90.8 Å². The van der Waals surface area contributed by atoms with Gasteiger partial charge in [0.25, 0.3) is 0 Å². The molecule has 1 nitrogen and oxygen atoms in total. The third-order valence-corrected chi connectivity index (χ3v) is 3.55. The van der Waals surface area contributed by atoms with Crippen LogP contribution in [0.1, 0.15) is 17.5 Å². The molecule has 1 aliphatic carbocycles. The van der Waals surface area contributed by atoms with Gasteiger partial charge in [0.2, 0.25) is 0 Å². The van der Waals surface area contributed by atoms with Crippen molar-refractivity contribution in [2.24, 2.45) is 11.8 Å². The molecule has 2 unspecified atom stereocenters. The first-order valence-electron chi connectivity index (χ1n) is 5.61. The quantitative estimate of drug-likeness (QED) is 0.610. The van der Waals surface area contributed by atoms with Crippen molar-refractivity contribution in [2.45, 2.75) is 13.3 Å². The van der Waals surface area contributed by atoms with Crippen molar-refractivity contribution >= 4 is 5.71 Å². The average molecular weight is 198 g/mol. The second kappa shape index (κ2) is 3.06. The molecule has 2 atom stereocenters. The van der Waals surface area contributed by atoms with E-state index < -0.39 is 0 Å². The molecule has 0 spiro atoms. The van der Waals surface area contributed by atoms with E-state index in [9.17, 15) is 0 Å². The average Bonchev–Trinajstić information content (AvgIpc) is 2.99. The van der Waals surface area contributed by atoms with Gasteiger partial charge in [0.15, 0.2) is 11.9 Å². The maximum Gasteiger partial charge on any atom is 0.192 e. The van der Waals surface area contributed by atoms with E-state index >= 15 is 0 Å². The minimum absolute atomic E-state index is 0.779. The van der Waals surface area contributed by atoms with Crippen molar-refractivity contribution in [2.75, 3.05) is 7.05 Å². The Hall–Kier alpha value is -1.37. The number of rotatable bonds is 1. The normalized spacial score (nSPS) is 27.9. The molecule has 1 heterocycles. The Kier molecular flexibility index (Phi) is 1.82. The first kappa shape index (κ1) is 8.90. The predicted octanol–water partition coefficient (Wildman–Crippen LogP) is 2.59. The third-order valence-electron chi connectivity index (χ3n) is 3.55. The molecule has 0 bridgehead atoms. The minimum atomic E-state index is 0.779. The Morgan fingerprint density at radius 1 is 1.27 bits per heavy atom. The molecular formula is C14H16N+. The first-order chi connectivity index (χ1) is 7.27. The van der Waals surface area contributed by atoms with E-state index in [1.54, 1.807) is 0 Å². The zero-order valence-electron chi connectivity index (χ0n) is 9.27. The molecule has 1 aliphatic heterocycles. The van der Waals surface area contributed by atoms with Crippen molar-refractivity contribution in [1.82, 2.24) is 0 Å². The van der Waals surface area contributed by atoms with E-state index in [0.717, 1.165) is 11.8 Å². The van der Waals surface area contributed by atoms with E-state index in [2.05, 4.69) is 55.1 Å². The number of hydrogen-bond donors (Lipinski definition) is 0. The van der Waals surface area contributed by atoms with Crippen LogP contribution in [0.5, 0.6) is 0 Å². The summed E-state index contributed by atoms with van der Waals surface area (Å²) in [5.74, 6) is 1.59. The van der Waals surface area contributed by atoms with Crippen LogP contribution in [0.15, 0.2) is 36.5 Å². The van der Waals surface area contributed by atoms with Crippen LogP contribution >= 0.6 is 0 Å². The summed E-state index contributed by atoms with van der Waals surface area (Å²) < 4.78 is 2.29. The fourth-order valence-corrected chi connectivity index (χ4v) is 2.57. The monoisotopic (exact) mass is 198 g/mol. The zero-order valence-corrected chi connectivity index (χ0v) is 9.27. The lowest BCUT2D eigenvalue weighted by atomic mass is 9.98. The van der Waals surface area contributed by atoms with Gasteiger partial charge in [-0.05, 0) is 37.0 Å². The molecule has 76 valence electrons. The Balaban J connectivity index is 2.14. The molecular weight excluding hydrogens is 182 g/mol. The van der Waals surface area contributed by atoms with Gasteiger partial charge in [0.05, 0.1) is 5.92 Å². The molecule has 1 heteroatoms. The summed E-state index contributed by atoms with van der Waals surface area (Å²) in [5.41, 5.74) is 4.33. The van der Waals surface area contributed by atoms with E-state index in [1.807, 2.05) is 0 Å². The summed E-state index contributed by atoms with van der Waals surface area (Å²) in [6.45, 7) is 2.20. The second-order valence-corrected chi connectivity index (χ2v) is 4.66. The van der Waals surface area contributed by atoms with E-state index in [4.69, 9.17) is 0 Å². The predicted molar refractivity (Wildman–Crippen MR) is 62.2 cm³/mol. The van der Waals surface area contributed by atoms with Crippen molar-refractivity contribution in [3.63, 3.8) is 0 Å². The van der Waals surface area contributed by atoms with Crippen LogP contribution in [-0.4, -0.2) is 17.3 Å². The van der Waals surface area contributed by atoms with E-state index in [-0.39, 0.29) is 0 Å². The number of fused-ring (bicyclic) bond motifs is 1. The summed E-state index contributed by atoms with van der Waals surface area (Å²) in [5, 5.41) is 0. The highest BCUT2D eigenvalue weighted by molar-refractivity contribution is 6.02. The molecule has 0 saturated heterocycles. The van der Waals surface area contributed by atoms with Gasteiger partial charge in [-0.3, -0.25) is 0 Å². The molecule has 1 aromatic rings. The van der Waals surface area contributed by atoms with Crippen LogP contribution < -0.4 is 0 Å². The molecule has 0 N–H and O–H groups in total. The van der Waals surface area contributed by atoms with Crippen LogP contribution in [0.3, 0.4) is 0 Å². The van der Waals surface area contributed by atoms with Crippen molar-refractivity contribution < 1.29 is 4.58 Å². The molecule has 3 rings (SSSR count). The molecule has 2 aliphatic rings. The number of benzene rings is 1. The number of allylic oxidation sites excluding steroid dienone is 1. The SMILES string of the molecule is Cc1ccccc1C1=[N+](C)C=CC2CC12. The molecule has 15 heavy (non-hydrogen) atoms. The van der Waals surface area contributed by atoms with Crippen LogP contribution in [0.25, 0.3) is 0 Å². The lowest BCUT2D eigenvalue weighted by Crippen LogP contribution is -2.20.